The molecule has 0 amide bonds. The van der Waals surface area contributed by atoms with Gasteiger partial charge in [0.2, 0.25) is 0 Å². The molecule has 0 aliphatic carbocycles. The average Bonchev–Trinajstić information content (AvgIpc) is 3.00. The van der Waals surface area contributed by atoms with E-state index in [0.717, 1.165) is 11.1 Å². The Morgan fingerprint density at radius 1 is 1.18 bits per heavy atom. The molecular weight excluding hydrogens is 298 g/mol. The van der Waals surface area contributed by atoms with Crippen molar-refractivity contribution in [2.24, 2.45) is 7.05 Å². The van der Waals surface area contributed by atoms with Gasteiger partial charge in [-0.25, -0.2) is 0 Å². The molecule has 0 saturated carbocycles. The Bertz CT molecular complexity index is 852. The van der Waals surface area contributed by atoms with E-state index in [0.29, 0.717) is 5.02 Å². The Balaban J connectivity index is 1.98. The zero-order chi connectivity index (χ0) is 15.7. The highest BCUT2D eigenvalue weighted by atomic mass is 35.5. The Hall–Kier alpha value is -2.33. The van der Waals surface area contributed by atoms with Crippen LogP contribution in [-0.2, 0) is 7.05 Å². The van der Waals surface area contributed by atoms with Gasteiger partial charge in [0.25, 0.3) is 5.56 Å². The first-order valence-electron chi connectivity index (χ1n) is 7.02. The molecule has 3 aromatic rings. The summed E-state index contributed by atoms with van der Waals surface area (Å²) < 4.78 is 3.41. The number of aryl methyl sites for hydroxylation is 1. The second-order valence-electron chi connectivity index (χ2n) is 5.28. The maximum Gasteiger partial charge on any atom is 0.251 e. The molecule has 0 bridgehead atoms. The van der Waals surface area contributed by atoms with E-state index in [1.54, 1.807) is 19.4 Å². The fourth-order valence-electron chi connectivity index (χ4n) is 2.39. The minimum Gasteiger partial charge on any atom is -0.318 e. The van der Waals surface area contributed by atoms with Crippen LogP contribution in [0.5, 0.6) is 0 Å². The highest BCUT2D eigenvalue weighted by molar-refractivity contribution is 6.33. The quantitative estimate of drug-likeness (QED) is 0.742. The molecule has 0 radical (unpaired) electrons. The fourth-order valence-corrected chi connectivity index (χ4v) is 2.64. The third-order valence-corrected chi connectivity index (χ3v) is 4.08. The van der Waals surface area contributed by atoms with Crippen LogP contribution >= 0.6 is 11.6 Å². The Kier molecular flexibility index (Phi) is 3.86. The van der Waals surface area contributed by atoms with E-state index in [1.807, 2.05) is 29.1 Å². The van der Waals surface area contributed by atoms with Gasteiger partial charge in [0.1, 0.15) is 0 Å². The number of nitrogens with zero attached hydrogens (tertiary/aromatic N) is 3. The van der Waals surface area contributed by atoms with Crippen LogP contribution in [0, 0.1) is 0 Å². The van der Waals surface area contributed by atoms with Crippen LogP contribution in [0.2, 0.25) is 5.02 Å². The second kappa shape index (κ2) is 5.81. The lowest BCUT2D eigenvalue weighted by Crippen LogP contribution is -2.14. The molecule has 0 saturated heterocycles. The lowest BCUT2D eigenvalue weighted by molar-refractivity contribution is 0.565. The predicted molar refractivity (Wildman–Crippen MR) is 88.2 cm³/mol. The summed E-state index contributed by atoms with van der Waals surface area (Å²) >= 11 is 6.19. The summed E-state index contributed by atoms with van der Waals surface area (Å²) in [4.78, 5) is 11.6. The van der Waals surface area contributed by atoms with Crippen molar-refractivity contribution in [2.45, 2.75) is 13.0 Å². The molecule has 2 aromatic heterocycles. The van der Waals surface area contributed by atoms with Crippen LogP contribution in [0.4, 0.5) is 0 Å². The van der Waals surface area contributed by atoms with E-state index >= 15 is 0 Å². The molecule has 0 spiro atoms. The summed E-state index contributed by atoms with van der Waals surface area (Å²) in [5.74, 6) is 0. The molecule has 0 aliphatic rings. The molecule has 1 aromatic carbocycles. The molecule has 0 aliphatic heterocycles. The van der Waals surface area contributed by atoms with Crippen molar-refractivity contribution >= 4 is 11.6 Å². The number of aromatic nitrogens is 3. The Morgan fingerprint density at radius 3 is 2.64 bits per heavy atom. The van der Waals surface area contributed by atoms with E-state index in [2.05, 4.69) is 24.2 Å². The van der Waals surface area contributed by atoms with Gasteiger partial charge in [0.05, 0.1) is 17.3 Å². The molecule has 0 fully saturated rings. The summed E-state index contributed by atoms with van der Waals surface area (Å²) in [5, 5.41) is 4.87. The number of benzene rings is 1. The van der Waals surface area contributed by atoms with Gasteiger partial charge in [0, 0.05) is 36.6 Å². The van der Waals surface area contributed by atoms with Crippen LogP contribution in [0.25, 0.3) is 11.1 Å². The van der Waals surface area contributed by atoms with E-state index in [9.17, 15) is 4.79 Å². The molecule has 1 unspecified atom stereocenters. The Morgan fingerprint density at radius 2 is 1.91 bits per heavy atom. The van der Waals surface area contributed by atoms with Crippen molar-refractivity contribution in [1.82, 2.24) is 14.3 Å². The monoisotopic (exact) mass is 313 g/mol. The topological polar surface area (TPSA) is 39.8 Å². The highest BCUT2D eigenvalue weighted by Crippen LogP contribution is 2.27. The van der Waals surface area contributed by atoms with Crippen molar-refractivity contribution in [3.63, 3.8) is 0 Å². The minimum absolute atomic E-state index is 0.126. The molecule has 2 heterocycles. The van der Waals surface area contributed by atoms with E-state index in [4.69, 9.17) is 11.6 Å². The summed E-state index contributed by atoms with van der Waals surface area (Å²) in [6.45, 7) is 2.09. The largest absolute Gasteiger partial charge is 0.318 e. The normalized spacial score (nSPS) is 12.3. The number of halogens is 1. The SMILES string of the molecule is CC(c1ccccc1)n1cc(-c2cn(C)c(=O)cc2Cl)cn1. The van der Waals surface area contributed by atoms with Crippen molar-refractivity contribution in [1.29, 1.82) is 0 Å². The highest BCUT2D eigenvalue weighted by Gasteiger charge is 2.12. The first kappa shape index (κ1) is 14.6. The lowest BCUT2D eigenvalue weighted by atomic mass is 10.1. The molecule has 22 heavy (non-hydrogen) atoms. The fraction of sp³-hybridized carbons (Fsp3) is 0.176. The van der Waals surface area contributed by atoms with E-state index < -0.39 is 0 Å². The number of hydrogen-bond acceptors (Lipinski definition) is 2. The lowest BCUT2D eigenvalue weighted by Gasteiger charge is -2.12. The average molecular weight is 314 g/mol. The van der Waals surface area contributed by atoms with Crippen LogP contribution in [0.3, 0.4) is 0 Å². The van der Waals surface area contributed by atoms with E-state index in [1.165, 1.54) is 16.2 Å². The van der Waals surface area contributed by atoms with Crippen LogP contribution in [0.15, 0.2) is 59.8 Å². The predicted octanol–water partition coefficient (Wildman–Crippen LogP) is 3.51. The van der Waals surface area contributed by atoms with Gasteiger partial charge in [-0.2, -0.15) is 5.10 Å². The van der Waals surface area contributed by atoms with Gasteiger partial charge in [-0.1, -0.05) is 41.9 Å². The molecule has 3 rings (SSSR count). The third-order valence-electron chi connectivity index (χ3n) is 3.77. The van der Waals surface area contributed by atoms with Gasteiger partial charge >= 0.3 is 0 Å². The summed E-state index contributed by atoms with van der Waals surface area (Å²) in [6.07, 6.45) is 5.45. The van der Waals surface area contributed by atoms with Crippen molar-refractivity contribution in [3.8, 4) is 11.1 Å². The van der Waals surface area contributed by atoms with Gasteiger partial charge in [-0.05, 0) is 12.5 Å². The summed E-state index contributed by atoms with van der Waals surface area (Å²) in [5.41, 5.74) is 2.75. The van der Waals surface area contributed by atoms with Crippen LogP contribution in [0.1, 0.15) is 18.5 Å². The first-order valence-corrected chi connectivity index (χ1v) is 7.39. The van der Waals surface area contributed by atoms with Crippen LogP contribution in [-0.4, -0.2) is 14.3 Å². The molecule has 112 valence electrons. The first-order chi connectivity index (χ1) is 10.6. The zero-order valence-electron chi connectivity index (χ0n) is 12.4. The maximum absolute atomic E-state index is 11.6. The van der Waals surface area contributed by atoms with Gasteiger partial charge < -0.3 is 4.57 Å². The van der Waals surface area contributed by atoms with E-state index in [-0.39, 0.29) is 11.6 Å². The summed E-state index contributed by atoms with van der Waals surface area (Å²) in [7, 11) is 1.71. The number of rotatable bonds is 3. The number of pyridine rings is 1. The number of hydrogen-bond donors (Lipinski definition) is 0. The Labute approximate surface area is 133 Å². The molecule has 0 N–H and O–H groups in total. The minimum atomic E-state index is -0.126. The third kappa shape index (κ3) is 2.70. The maximum atomic E-state index is 11.6. The van der Waals surface area contributed by atoms with Crippen molar-refractivity contribution in [2.75, 3.05) is 0 Å². The molecule has 4 nitrogen and oxygen atoms in total. The summed E-state index contributed by atoms with van der Waals surface area (Å²) in [6, 6.07) is 11.7. The van der Waals surface area contributed by atoms with Crippen LogP contribution < -0.4 is 5.56 Å². The second-order valence-corrected chi connectivity index (χ2v) is 5.69. The standard InChI is InChI=1S/C17H16ClN3O/c1-12(13-6-4-3-5-7-13)21-10-14(9-19-21)15-11-20(2)17(22)8-16(15)18/h3-12H,1-2H3. The molecule has 5 heteroatoms. The van der Waals surface area contributed by atoms with Gasteiger partial charge in [-0.15, -0.1) is 0 Å². The zero-order valence-corrected chi connectivity index (χ0v) is 13.2. The smallest absolute Gasteiger partial charge is 0.251 e. The molecular formula is C17H16ClN3O. The van der Waals surface area contributed by atoms with Crippen molar-refractivity contribution in [3.05, 3.63) is 75.9 Å². The van der Waals surface area contributed by atoms with Crippen molar-refractivity contribution < 1.29 is 0 Å². The van der Waals surface area contributed by atoms with Gasteiger partial charge in [0.15, 0.2) is 0 Å². The molecule has 1 atom stereocenters. The van der Waals surface area contributed by atoms with Gasteiger partial charge in [-0.3, -0.25) is 9.48 Å².